The monoisotopic (exact) mass is 813 g/mol. The second kappa shape index (κ2) is 38.6. The van der Waals surface area contributed by atoms with Gasteiger partial charge < -0.3 is 39.4 Å². The molecule has 0 aromatic carbocycles. The van der Waals surface area contributed by atoms with Gasteiger partial charge in [-0.25, -0.2) is 0 Å². The molecule has 1 aliphatic heterocycles. The van der Waals surface area contributed by atoms with Crippen LogP contribution in [0.5, 0.6) is 0 Å². The SMILES string of the molecule is CCCCCCCCCCC/C=C/CCCCC(=O)OC[C@H](CO[C@@H]1O[C@H](CO)[C@H](O)C(O)C1O)OC(=O)CCCCCCCCCCCCCCCCCCC. The predicted molar refractivity (Wildman–Crippen MR) is 229 cm³/mol. The summed E-state index contributed by atoms with van der Waals surface area (Å²) in [5, 5.41) is 40.1. The van der Waals surface area contributed by atoms with Gasteiger partial charge in [0.1, 0.15) is 31.0 Å². The molecule has 6 atom stereocenters. The van der Waals surface area contributed by atoms with E-state index in [0.29, 0.717) is 12.8 Å². The van der Waals surface area contributed by atoms with E-state index in [1.807, 2.05) is 0 Å². The Morgan fingerprint density at radius 3 is 1.40 bits per heavy atom. The first-order valence-electron chi connectivity index (χ1n) is 23.8. The van der Waals surface area contributed by atoms with Crippen molar-refractivity contribution in [2.75, 3.05) is 19.8 Å². The molecule has 1 rings (SSSR count). The second-order valence-electron chi connectivity index (χ2n) is 16.6. The molecule has 336 valence electrons. The van der Waals surface area contributed by atoms with Crippen LogP contribution in [-0.2, 0) is 28.5 Å². The van der Waals surface area contributed by atoms with Gasteiger partial charge in [0.05, 0.1) is 13.2 Å². The van der Waals surface area contributed by atoms with E-state index in [0.717, 1.165) is 38.5 Å². The van der Waals surface area contributed by atoms with E-state index >= 15 is 0 Å². The first kappa shape index (κ1) is 53.5. The van der Waals surface area contributed by atoms with Crippen molar-refractivity contribution >= 4 is 11.9 Å². The van der Waals surface area contributed by atoms with E-state index in [9.17, 15) is 30.0 Å². The Morgan fingerprint density at radius 2 is 0.930 bits per heavy atom. The van der Waals surface area contributed by atoms with Crippen molar-refractivity contribution in [2.45, 2.75) is 256 Å². The Morgan fingerprint density at radius 1 is 0.526 bits per heavy atom. The first-order valence-corrected chi connectivity index (χ1v) is 23.8. The van der Waals surface area contributed by atoms with Crippen molar-refractivity contribution in [1.29, 1.82) is 0 Å². The molecule has 0 spiro atoms. The summed E-state index contributed by atoms with van der Waals surface area (Å²) in [7, 11) is 0. The number of hydrogen-bond acceptors (Lipinski definition) is 10. The molecule has 1 saturated heterocycles. The molecule has 1 fully saturated rings. The molecule has 0 amide bonds. The van der Waals surface area contributed by atoms with Crippen molar-refractivity contribution in [2.24, 2.45) is 0 Å². The normalized spacial score (nSPS) is 20.3. The summed E-state index contributed by atoms with van der Waals surface area (Å²) in [6.07, 6.45) is 33.6. The average Bonchev–Trinajstić information content (AvgIpc) is 3.21. The van der Waals surface area contributed by atoms with E-state index in [2.05, 4.69) is 26.0 Å². The smallest absolute Gasteiger partial charge is 0.306 e. The maximum atomic E-state index is 12.8. The third-order valence-electron chi connectivity index (χ3n) is 11.2. The quantitative estimate of drug-likeness (QED) is 0.0267. The number of carbonyl (C=O) groups is 2. The average molecular weight is 813 g/mol. The van der Waals surface area contributed by atoms with Crippen LogP contribution in [0.4, 0.5) is 0 Å². The minimum absolute atomic E-state index is 0.223. The standard InChI is InChI=1S/C47H88O10/c1-3-5-7-9-11-13-15-17-19-20-22-24-26-28-30-32-34-36-43(50)56-40(39-55-47-46(53)45(52)44(51)41(37-48)57-47)38-54-42(49)35-33-31-29-27-25-23-21-18-16-14-12-10-8-6-4-2/h25,27,40-41,44-48,51-53H,3-24,26,28-39H2,1-2H3/b27-25+/t40-,41-,44+,45?,46?,47-/m1/s1. The molecule has 2 unspecified atom stereocenters. The lowest BCUT2D eigenvalue weighted by Gasteiger charge is -2.39. The number of rotatable bonds is 40. The number of aliphatic hydroxyl groups excluding tert-OH is 4. The molecule has 1 heterocycles. The number of hydrogen-bond donors (Lipinski definition) is 4. The zero-order valence-corrected chi connectivity index (χ0v) is 36.6. The van der Waals surface area contributed by atoms with Gasteiger partial charge in [-0.05, 0) is 38.5 Å². The van der Waals surface area contributed by atoms with Crippen LogP contribution in [-0.4, -0.2) is 89.0 Å². The van der Waals surface area contributed by atoms with Crippen LogP contribution < -0.4 is 0 Å². The summed E-state index contributed by atoms with van der Waals surface area (Å²) in [4.78, 5) is 25.3. The third-order valence-corrected chi connectivity index (χ3v) is 11.2. The van der Waals surface area contributed by atoms with Gasteiger partial charge in [-0.15, -0.1) is 0 Å². The fourth-order valence-electron chi connectivity index (χ4n) is 7.36. The highest BCUT2D eigenvalue weighted by atomic mass is 16.7. The molecular weight excluding hydrogens is 725 g/mol. The van der Waals surface area contributed by atoms with Crippen LogP contribution in [0.25, 0.3) is 0 Å². The van der Waals surface area contributed by atoms with Crippen molar-refractivity contribution < 1.29 is 49.0 Å². The van der Waals surface area contributed by atoms with Crippen molar-refractivity contribution in [3.63, 3.8) is 0 Å². The Hall–Kier alpha value is -1.56. The number of ether oxygens (including phenoxy) is 4. The van der Waals surface area contributed by atoms with Gasteiger partial charge in [0.15, 0.2) is 12.4 Å². The van der Waals surface area contributed by atoms with Crippen molar-refractivity contribution in [3.05, 3.63) is 12.2 Å². The maximum absolute atomic E-state index is 12.8. The molecule has 10 heteroatoms. The molecule has 1 aliphatic rings. The summed E-state index contributed by atoms with van der Waals surface area (Å²) in [6, 6.07) is 0. The van der Waals surface area contributed by atoms with Gasteiger partial charge in [-0.3, -0.25) is 9.59 Å². The van der Waals surface area contributed by atoms with Gasteiger partial charge in [-0.2, -0.15) is 0 Å². The molecular formula is C47H88O10. The predicted octanol–water partition coefficient (Wildman–Crippen LogP) is 10.3. The maximum Gasteiger partial charge on any atom is 0.306 e. The van der Waals surface area contributed by atoms with Crippen molar-refractivity contribution in [1.82, 2.24) is 0 Å². The lowest BCUT2D eigenvalue weighted by Crippen LogP contribution is -2.59. The molecule has 0 saturated carbocycles. The Bertz CT molecular complexity index is 943. The minimum Gasteiger partial charge on any atom is -0.462 e. The number of aliphatic hydroxyl groups is 4. The third kappa shape index (κ3) is 30.2. The summed E-state index contributed by atoms with van der Waals surface area (Å²) >= 11 is 0. The van der Waals surface area contributed by atoms with E-state index < -0.39 is 55.4 Å². The largest absolute Gasteiger partial charge is 0.462 e. The van der Waals surface area contributed by atoms with Gasteiger partial charge in [-0.1, -0.05) is 180 Å². The van der Waals surface area contributed by atoms with Crippen LogP contribution in [0, 0.1) is 0 Å². The van der Waals surface area contributed by atoms with Gasteiger partial charge >= 0.3 is 11.9 Å². The fraction of sp³-hybridized carbons (Fsp3) is 0.915. The van der Waals surface area contributed by atoms with E-state index in [4.69, 9.17) is 18.9 Å². The molecule has 0 aliphatic carbocycles. The Kier molecular flexibility index (Phi) is 36.2. The molecule has 4 N–H and O–H groups in total. The summed E-state index contributed by atoms with van der Waals surface area (Å²) in [6.45, 7) is 3.43. The number of esters is 2. The van der Waals surface area contributed by atoms with E-state index in [1.54, 1.807) is 0 Å². The first-order chi connectivity index (χ1) is 27.8. The Balaban J connectivity index is 2.30. The molecule has 0 aromatic heterocycles. The molecule has 0 bridgehead atoms. The highest BCUT2D eigenvalue weighted by Crippen LogP contribution is 2.23. The highest BCUT2D eigenvalue weighted by molar-refractivity contribution is 5.70. The van der Waals surface area contributed by atoms with Crippen LogP contribution in [0.15, 0.2) is 12.2 Å². The highest BCUT2D eigenvalue weighted by Gasteiger charge is 2.44. The van der Waals surface area contributed by atoms with Gasteiger partial charge in [0, 0.05) is 12.8 Å². The number of carbonyl (C=O) groups excluding carboxylic acids is 2. The number of allylic oxidation sites excluding steroid dienone is 2. The van der Waals surface area contributed by atoms with E-state index in [-0.39, 0.29) is 26.1 Å². The molecule has 0 radical (unpaired) electrons. The van der Waals surface area contributed by atoms with Crippen LogP contribution in [0.3, 0.4) is 0 Å². The zero-order valence-electron chi connectivity index (χ0n) is 36.6. The lowest BCUT2D eigenvalue weighted by molar-refractivity contribution is -0.305. The van der Waals surface area contributed by atoms with Crippen LogP contribution in [0.2, 0.25) is 0 Å². The fourth-order valence-corrected chi connectivity index (χ4v) is 7.36. The molecule has 0 aromatic rings. The van der Waals surface area contributed by atoms with Crippen molar-refractivity contribution in [3.8, 4) is 0 Å². The summed E-state index contributed by atoms with van der Waals surface area (Å²) < 4.78 is 22.2. The summed E-state index contributed by atoms with van der Waals surface area (Å²) in [5.41, 5.74) is 0. The van der Waals surface area contributed by atoms with Crippen LogP contribution >= 0.6 is 0 Å². The number of unbranched alkanes of at least 4 members (excludes halogenated alkanes) is 27. The topological polar surface area (TPSA) is 152 Å². The van der Waals surface area contributed by atoms with E-state index in [1.165, 1.54) is 141 Å². The Labute approximate surface area is 348 Å². The van der Waals surface area contributed by atoms with Crippen LogP contribution in [0.1, 0.15) is 219 Å². The molecule has 57 heavy (non-hydrogen) atoms. The lowest BCUT2D eigenvalue weighted by atomic mass is 9.99. The minimum atomic E-state index is -1.59. The second-order valence-corrected chi connectivity index (χ2v) is 16.6. The van der Waals surface area contributed by atoms with Gasteiger partial charge in [0.2, 0.25) is 0 Å². The zero-order chi connectivity index (χ0) is 41.6. The molecule has 10 nitrogen and oxygen atoms in total. The van der Waals surface area contributed by atoms with Gasteiger partial charge in [0.25, 0.3) is 0 Å². The summed E-state index contributed by atoms with van der Waals surface area (Å²) in [5.74, 6) is -0.820.